The topological polar surface area (TPSA) is 43.4 Å². The largest absolute Gasteiger partial charge is 0.496 e. The smallest absolute Gasteiger partial charge is 0.128 e. The Balaban J connectivity index is 2.04. The Labute approximate surface area is 117 Å². The minimum atomic E-state index is 0.713. The number of hydrogen-bond acceptors (Lipinski definition) is 5. The fourth-order valence-corrected chi connectivity index (χ4v) is 2.51. The van der Waals surface area contributed by atoms with Gasteiger partial charge >= 0.3 is 0 Å². The fourth-order valence-electron chi connectivity index (χ4n) is 1.74. The molecule has 2 aromatic rings. The summed E-state index contributed by atoms with van der Waals surface area (Å²) in [6.07, 6.45) is 0. The summed E-state index contributed by atoms with van der Waals surface area (Å²) < 4.78 is 10.3. The zero-order valence-corrected chi connectivity index (χ0v) is 12.0. The molecule has 1 aromatic carbocycles. The van der Waals surface area contributed by atoms with Crippen LogP contribution in [0.15, 0.2) is 29.6 Å². The van der Waals surface area contributed by atoms with Gasteiger partial charge < -0.3 is 14.8 Å². The minimum Gasteiger partial charge on any atom is -0.496 e. The predicted molar refractivity (Wildman–Crippen MR) is 77.7 cm³/mol. The second kappa shape index (κ2) is 7.23. The maximum absolute atomic E-state index is 5.35. The lowest BCUT2D eigenvalue weighted by atomic mass is 10.1. The van der Waals surface area contributed by atoms with Crippen molar-refractivity contribution in [3.05, 3.63) is 34.7 Å². The zero-order valence-electron chi connectivity index (χ0n) is 11.2. The molecule has 1 heterocycles. The van der Waals surface area contributed by atoms with Crippen molar-refractivity contribution < 1.29 is 9.47 Å². The monoisotopic (exact) mass is 278 g/mol. The van der Waals surface area contributed by atoms with Crippen molar-refractivity contribution in [2.24, 2.45) is 0 Å². The number of benzene rings is 1. The Morgan fingerprint density at radius 1 is 1.26 bits per heavy atom. The van der Waals surface area contributed by atoms with E-state index in [0.29, 0.717) is 6.61 Å². The first kappa shape index (κ1) is 14.0. The highest BCUT2D eigenvalue weighted by molar-refractivity contribution is 7.09. The van der Waals surface area contributed by atoms with Crippen molar-refractivity contribution in [1.29, 1.82) is 0 Å². The van der Waals surface area contributed by atoms with E-state index in [2.05, 4.69) is 15.7 Å². The molecule has 0 aliphatic rings. The predicted octanol–water partition coefficient (Wildman–Crippen LogP) is 2.55. The molecule has 0 saturated heterocycles. The zero-order chi connectivity index (χ0) is 13.5. The Morgan fingerprint density at radius 2 is 2.11 bits per heavy atom. The van der Waals surface area contributed by atoms with Gasteiger partial charge in [-0.1, -0.05) is 12.1 Å². The first-order valence-corrected chi connectivity index (χ1v) is 7.00. The molecule has 0 atom stereocenters. The van der Waals surface area contributed by atoms with Crippen LogP contribution in [0, 0.1) is 0 Å². The highest BCUT2D eigenvalue weighted by Gasteiger charge is 2.08. The van der Waals surface area contributed by atoms with E-state index in [9.17, 15) is 0 Å². The van der Waals surface area contributed by atoms with Crippen LogP contribution >= 0.6 is 11.3 Å². The van der Waals surface area contributed by atoms with Crippen LogP contribution in [0.25, 0.3) is 11.3 Å². The number of hydrogen-bond donors (Lipinski definition) is 1. The van der Waals surface area contributed by atoms with Gasteiger partial charge in [0.1, 0.15) is 10.8 Å². The quantitative estimate of drug-likeness (QED) is 0.791. The summed E-state index contributed by atoms with van der Waals surface area (Å²) in [6, 6.07) is 7.93. The molecule has 0 bridgehead atoms. The molecule has 0 aliphatic heterocycles. The molecule has 0 radical (unpaired) electrons. The lowest BCUT2D eigenvalue weighted by Crippen LogP contribution is -2.18. The van der Waals surface area contributed by atoms with E-state index in [4.69, 9.17) is 9.47 Å². The summed E-state index contributed by atoms with van der Waals surface area (Å²) in [5, 5.41) is 6.42. The van der Waals surface area contributed by atoms with Crippen LogP contribution in [0.4, 0.5) is 0 Å². The van der Waals surface area contributed by atoms with Crippen LogP contribution in [0.1, 0.15) is 5.01 Å². The third-order valence-electron chi connectivity index (χ3n) is 2.69. The number of rotatable bonds is 7. The molecule has 5 heteroatoms. The number of ether oxygens (including phenoxy) is 2. The van der Waals surface area contributed by atoms with E-state index in [1.807, 2.05) is 24.3 Å². The SMILES string of the molecule is COCCNCc1nc(-c2ccccc2OC)cs1. The second-order valence-electron chi connectivity index (χ2n) is 4.00. The first-order valence-electron chi connectivity index (χ1n) is 6.12. The molecule has 2 rings (SSSR count). The fraction of sp³-hybridized carbons (Fsp3) is 0.357. The number of thiazole rings is 1. The second-order valence-corrected chi connectivity index (χ2v) is 4.94. The van der Waals surface area contributed by atoms with Crippen LogP contribution < -0.4 is 10.1 Å². The van der Waals surface area contributed by atoms with E-state index in [-0.39, 0.29) is 0 Å². The van der Waals surface area contributed by atoms with Crippen molar-refractivity contribution in [2.75, 3.05) is 27.4 Å². The Hall–Kier alpha value is -1.43. The molecule has 1 N–H and O–H groups in total. The number of methoxy groups -OCH3 is 2. The van der Waals surface area contributed by atoms with Gasteiger partial charge in [-0.2, -0.15) is 0 Å². The van der Waals surface area contributed by atoms with Gasteiger partial charge in [0.05, 0.1) is 19.4 Å². The van der Waals surface area contributed by atoms with Gasteiger partial charge in [0.25, 0.3) is 0 Å². The van der Waals surface area contributed by atoms with Crippen molar-refractivity contribution in [1.82, 2.24) is 10.3 Å². The summed E-state index contributed by atoms with van der Waals surface area (Å²) >= 11 is 1.65. The third kappa shape index (κ3) is 3.76. The summed E-state index contributed by atoms with van der Waals surface area (Å²) in [7, 11) is 3.38. The average Bonchev–Trinajstić information content (AvgIpc) is 2.92. The Morgan fingerprint density at radius 3 is 2.89 bits per heavy atom. The lowest BCUT2D eigenvalue weighted by Gasteiger charge is -2.05. The molecular formula is C14H18N2O2S. The van der Waals surface area contributed by atoms with E-state index in [0.717, 1.165) is 35.1 Å². The van der Waals surface area contributed by atoms with Crippen molar-refractivity contribution >= 4 is 11.3 Å². The highest BCUT2D eigenvalue weighted by atomic mass is 32.1. The molecular weight excluding hydrogens is 260 g/mol. The number of aromatic nitrogens is 1. The van der Waals surface area contributed by atoms with Gasteiger partial charge in [0.2, 0.25) is 0 Å². The van der Waals surface area contributed by atoms with Crippen LogP contribution in [0.5, 0.6) is 5.75 Å². The minimum absolute atomic E-state index is 0.713. The van der Waals surface area contributed by atoms with E-state index in [1.54, 1.807) is 25.6 Å². The molecule has 0 unspecified atom stereocenters. The molecule has 19 heavy (non-hydrogen) atoms. The maximum Gasteiger partial charge on any atom is 0.128 e. The molecule has 0 amide bonds. The lowest BCUT2D eigenvalue weighted by molar-refractivity contribution is 0.199. The summed E-state index contributed by atoms with van der Waals surface area (Å²) in [5.74, 6) is 0.853. The normalized spacial score (nSPS) is 10.6. The molecule has 0 fully saturated rings. The molecule has 0 aliphatic carbocycles. The van der Waals surface area contributed by atoms with Crippen molar-refractivity contribution in [2.45, 2.75) is 6.54 Å². The third-order valence-corrected chi connectivity index (χ3v) is 3.54. The first-order chi connectivity index (χ1) is 9.35. The standard InChI is InChI=1S/C14H18N2O2S/c1-17-8-7-15-9-14-16-12(10-19-14)11-5-3-4-6-13(11)18-2/h3-6,10,15H,7-9H2,1-2H3. The van der Waals surface area contributed by atoms with E-state index in [1.165, 1.54) is 0 Å². The summed E-state index contributed by atoms with van der Waals surface area (Å²) in [5.41, 5.74) is 2.00. The van der Waals surface area contributed by atoms with Gasteiger partial charge in [-0.15, -0.1) is 11.3 Å². The highest BCUT2D eigenvalue weighted by Crippen LogP contribution is 2.30. The van der Waals surface area contributed by atoms with Gasteiger partial charge in [-0.05, 0) is 12.1 Å². The molecule has 1 aromatic heterocycles. The Kier molecular flexibility index (Phi) is 5.32. The van der Waals surface area contributed by atoms with E-state index < -0.39 is 0 Å². The van der Waals surface area contributed by atoms with Crippen LogP contribution in [0.3, 0.4) is 0 Å². The average molecular weight is 278 g/mol. The van der Waals surface area contributed by atoms with Crippen molar-refractivity contribution in [3.63, 3.8) is 0 Å². The van der Waals surface area contributed by atoms with Gasteiger partial charge in [-0.25, -0.2) is 4.98 Å². The van der Waals surface area contributed by atoms with E-state index >= 15 is 0 Å². The van der Waals surface area contributed by atoms with Crippen LogP contribution in [-0.2, 0) is 11.3 Å². The summed E-state index contributed by atoms with van der Waals surface area (Å²) in [4.78, 5) is 4.62. The number of nitrogens with zero attached hydrogens (tertiary/aromatic N) is 1. The number of para-hydroxylation sites is 1. The molecule has 102 valence electrons. The van der Waals surface area contributed by atoms with Crippen molar-refractivity contribution in [3.8, 4) is 17.0 Å². The van der Waals surface area contributed by atoms with Crippen LogP contribution in [-0.4, -0.2) is 32.4 Å². The van der Waals surface area contributed by atoms with Gasteiger partial charge in [0, 0.05) is 31.1 Å². The molecule has 0 spiro atoms. The summed E-state index contributed by atoms with van der Waals surface area (Å²) in [6.45, 7) is 2.31. The van der Waals surface area contributed by atoms with Gasteiger partial charge in [-0.3, -0.25) is 0 Å². The maximum atomic E-state index is 5.35. The van der Waals surface area contributed by atoms with Gasteiger partial charge in [0.15, 0.2) is 0 Å². The molecule has 4 nitrogen and oxygen atoms in total. The van der Waals surface area contributed by atoms with Crippen LogP contribution in [0.2, 0.25) is 0 Å². The Bertz CT molecular complexity index is 514. The molecule has 0 saturated carbocycles. The number of nitrogens with one attached hydrogen (secondary N) is 1.